The number of hydrogen-bond acceptors (Lipinski definition) is 3. The summed E-state index contributed by atoms with van der Waals surface area (Å²) in [6.07, 6.45) is 2.57. The summed E-state index contributed by atoms with van der Waals surface area (Å²) >= 11 is 11.6. The van der Waals surface area contributed by atoms with Gasteiger partial charge in [0.25, 0.3) is 5.91 Å². The van der Waals surface area contributed by atoms with Gasteiger partial charge in [-0.25, -0.2) is 4.98 Å². The third kappa shape index (κ3) is 2.74. The van der Waals surface area contributed by atoms with Crippen molar-refractivity contribution in [2.45, 2.75) is 25.3 Å². The molecule has 2 atom stereocenters. The van der Waals surface area contributed by atoms with Gasteiger partial charge in [0.2, 0.25) is 0 Å². The van der Waals surface area contributed by atoms with Crippen molar-refractivity contribution in [2.75, 3.05) is 0 Å². The molecule has 2 rings (SSSR count). The molecule has 0 saturated heterocycles. The number of rotatable bonds is 2. The molecule has 0 aliphatic heterocycles. The van der Waals surface area contributed by atoms with E-state index in [9.17, 15) is 4.79 Å². The highest BCUT2D eigenvalue weighted by atomic mass is 35.5. The molecule has 1 saturated carbocycles. The fourth-order valence-electron chi connectivity index (χ4n) is 2.10. The lowest BCUT2D eigenvalue weighted by Crippen LogP contribution is -2.37. The number of nitrogens with zero attached hydrogens (tertiary/aromatic N) is 2. The minimum absolute atomic E-state index is 0.104. The standard InChI is InChI=1S/C12H11Cl2N3O/c13-8-4-5-10(14)17-11(8)12(18)16-9-3-1-2-7(9)6-15/h4-5,7,9H,1-3H2,(H,16,18). The molecular weight excluding hydrogens is 273 g/mol. The number of nitriles is 1. The van der Waals surface area contributed by atoms with Crippen LogP contribution in [-0.2, 0) is 0 Å². The lowest BCUT2D eigenvalue weighted by Gasteiger charge is -2.15. The van der Waals surface area contributed by atoms with Crippen LogP contribution in [0.5, 0.6) is 0 Å². The van der Waals surface area contributed by atoms with Crippen LogP contribution in [0.15, 0.2) is 12.1 Å². The highest BCUT2D eigenvalue weighted by molar-refractivity contribution is 6.34. The number of aromatic nitrogens is 1. The van der Waals surface area contributed by atoms with Crippen molar-refractivity contribution in [2.24, 2.45) is 5.92 Å². The highest BCUT2D eigenvalue weighted by Crippen LogP contribution is 2.25. The van der Waals surface area contributed by atoms with Crippen LogP contribution in [0, 0.1) is 17.2 Å². The van der Waals surface area contributed by atoms with Crippen molar-refractivity contribution in [1.82, 2.24) is 10.3 Å². The van der Waals surface area contributed by atoms with Crippen LogP contribution >= 0.6 is 23.2 Å². The number of carbonyl (C=O) groups excluding carboxylic acids is 1. The SMILES string of the molecule is N#CC1CCCC1NC(=O)c1nc(Cl)ccc1Cl. The maximum absolute atomic E-state index is 12.0. The predicted molar refractivity (Wildman–Crippen MR) is 68.5 cm³/mol. The summed E-state index contributed by atoms with van der Waals surface area (Å²) in [5, 5.41) is 12.2. The molecule has 1 heterocycles. The van der Waals surface area contributed by atoms with Crippen molar-refractivity contribution >= 4 is 29.1 Å². The van der Waals surface area contributed by atoms with Crippen LogP contribution < -0.4 is 5.32 Å². The van der Waals surface area contributed by atoms with E-state index in [4.69, 9.17) is 28.5 Å². The summed E-state index contributed by atoms with van der Waals surface area (Å²) in [5.41, 5.74) is 0.104. The van der Waals surface area contributed by atoms with E-state index in [1.807, 2.05) is 0 Å². The number of hydrogen-bond donors (Lipinski definition) is 1. The van der Waals surface area contributed by atoms with Crippen LogP contribution in [0.4, 0.5) is 0 Å². The van der Waals surface area contributed by atoms with E-state index in [0.717, 1.165) is 19.3 Å². The maximum Gasteiger partial charge on any atom is 0.271 e. The van der Waals surface area contributed by atoms with Gasteiger partial charge in [0.05, 0.1) is 17.0 Å². The molecule has 1 aliphatic carbocycles. The first-order chi connectivity index (χ1) is 8.61. The Morgan fingerprint density at radius 3 is 2.94 bits per heavy atom. The normalized spacial score (nSPS) is 22.5. The average molecular weight is 284 g/mol. The van der Waals surface area contributed by atoms with E-state index >= 15 is 0 Å². The Kier molecular flexibility index (Phi) is 4.05. The van der Waals surface area contributed by atoms with Gasteiger partial charge in [0.15, 0.2) is 0 Å². The smallest absolute Gasteiger partial charge is 0.271 e. The molecule has 18 heavy (non-hydrogen) atoms. The van der Waals surface area contributed by atoms with E-state index in [0.29, 0.717) is 0 Å². The summed E-state index contributed by atoms with van der Waals surface area (Å²) in [6, 6.07) is 5.13. The van der Waals surface area contributed by atoms with Gasteiger partial charge in [-0.15, -0.1) is 0 Å². The molecule has 0 bridgehead atoms. The van der Waals surface area contributed by atoms with Gasteiger partial charge in [0.1, 0.15) is 10.8 Å². The van der Waals surface area contributed by atoms with Crippen molar-refractivity contribution in [1.29, 1.82) is 5.26 Å². The number of halogens is 2. The topological polar surface area (TPSA) is 65.8 Å². The zero-order valence-electron chi connectivity index (χ0n) is 9.49. The molecule has 4 nitrogen and oxygen atoms in total. The van der Waals surface area contributed by atoms with Gasteiger partial charge in [-0.1, -0.05) is 23.2 Å². The van der Waals surface area contributed by atoms with Crippen molar-refractivity contribution in [3.8, 4) is 6.07 Å². The number of pyridine rings is 1. The molecule has 0 radical (unpaired) electrons. The van der Waals surface area contributed by atoms with Gasteiger partial charge in [-0.3, -0.25) is 4.79 Å². The summed E-state index contributed by atoms with van der Waals surface area (Å²) in [4.78, 5) is 15.9. The van der Waals surface area contributed by atoms with E-state index in [1.165, 1.54) is 12.1 Å². The number of carbonyl (C=O) groups is 1. The molecule has 1 N–H and O–H groups in total. The fraction of sp³-hybridized carbons (Fsp3) is 0.417. The molecular formula is C12H11Cl2N3O. The molecule has 1 fully saturated rings. The zero-order chi connectivity index (χ0) is 13.1. The summed E-state index contributed by atoms with van der Waals surface area (Å²) in [5.74, 6) is -0.512. The first kappa shape index (κ1) is 13.1. The highest BCUT2D eigenvalue weighted by Gasteiger charge is 2.29. The quantitative estimate of drug-likeness (QED) is 0.849. The summed E-state index contributed by atoms with van der Waals surface area (Å²) in [7, 11) is 0. The second-order valence-electron chi connectivity index (χ2n) is 4.21. The van der Waals surface area contributed by atoms with E-state index in [-0.39, 0.29) is 33.7 Å². The van der Waals surface area contributed by atoms with Gasteiger partial charge in [0, 0.05) is 6.04 Å². The molecule has 0 aromatic carbocycles. The van der Waals surface area contributed by atoms with Crippen LogP contribution in [0.25, 0.3) is 0 Å². The third-order valence-electron chi connectivity index (χ3n) is 3.03. The molecule has 1 aliphatic rings. The zero-order valence-corrected chi connectivity index (χ0v) is 11.0. The first-order valence-electron chi connectivity index (χ1n) is 5.64. The van der Waals surface area contributed by atoms with Crippen LogP contribution in [0.1, 0.15) is 29.8 Å². The van der Waals surface area contributed by atoms with Crippen molar-refractivity contribution < 1.29 is 4.79 Å². The first-order valence-corrected chi connectivity index (χ1v) is 6.40. The van der Waals surface area contributed by atoms with Crippen LogP contribution in [-0.4, -0.2) is 16.9 Å². The molecule has 1 aromatic heterocycles. The fourth-order valence-corrected chi connectivity index (χ4v) is 2.44. The molecule has 94 valence electrons. The Morgan fingerprint density at radius 2 is 2.22 bits per heavy atom. The van der Waals surface area contributed by atoms with Crippen molar-refractivity contribution in [3.63, 3.8) is 0 Å². The van der Waals surface area contributed by atoms with E-state index in [1.54, 1.807) is 0 Å². The Labute approximate surface area is 115 Å². The van der Waals surface area contributed by atoms with Crippen molar-refractivity contribution in [3.05, 3.63) is 28.0 Å². The molecule has 1 amide bonds. The molecule has 0 spiro atoms. The minimum atomic E-state index is -0.380. The lowest BCUT2D eigenvalue weighted by molar-refractivity contribution is 0.0928. The van der Waals surface area contributed by atoms with Crippen LogP contribution in [0.3, 0.4) is 0 Å². The number of nitrogens with one attached hydrogen (secondary N) is 1. The van der Waals surface area contributed by atoms with Gasteiger partial charge < -0.3 is 5.32 Å². The second-order valence-corrected chi connectivity index (χ2v) is 5.01. The summed E-state index contributed by atoms with van der Waals surface area (Å²) in [6.45, 7) is 0. The Hall–Kier alpha value is -1.31. The lowest BCUT2D eigenvalue weighted by atomic mass is 10.1. The molecule has 1 aromatic rings. The number of amides is 1. The van der Waals surface area contributed by atoms with Gasteiger partial charge >= 0.3 is 0 Å². The molecule has 2 unspecified atom stereocenters. The van der Waals surface area contributed by atoms with Crippen LogP contribution in [0.2, 0.25) is 10.2 Å². The summed E-state index contributed by atoms with van der Waals surface area (Å²) < 4.78 is 0. The Morgan fingerprint density at radius 1 is 1.44 bits per heavy atom. The molecule has 6 heteroatoms. The average Bonchev–Trinajstić information content (AvgIpc) is 2.79. The third-order valence-corrected chi connectivity index (χ3v) is 3.54. The van der Waals surface area contributed by atoms with E-state index in [2.05, 4.69) is 16.4 Å². The largest absolute Gasteiger partial charge is 0.347 e. The monoisotopic (exact) mass is 283 g/mol. The maximum atomic E-state index is 12.0. The van der Waals surface area contributed by atoms with E-state index < -0.39 is 0 Å². The van der Waals surface area contributed by atoms with Gasteiger partial charge in [-0.2, -0.15) is 5.26 Å². The Bertz CT molecular complexity index is 513. The predicted octanol–water partition coefficient (Wildman–Crippen LogP) is 2.81. The Balaban J connectivity index is 2.13. The van der Waals surface area contributed by atoms with Gasteiger partial charge in [-0.05, 0) is 31.4 Å². The second kappa shape index (κ2) is 5.55. The minimum Gasteiger partial charge on any atom is -0.347 e.